The van der Waals surface area contributed by atoms with E-state index in [0.717, 1.165) is 28.8 Å². The van der Waals surface area contributed by atoms with Crippen LogP contribution in [-0.2, 0) is 0 Å². The van der Waals surface area contributed by atoms with Crippen LogP contribution in [0.3, 0.4) is 0 Å². The van der Waals surface area contributed by atoms with Crippen molar-refractivity contribution in [2.24, 2.45) is 0 Å². The molecule has 192 valence electrons. The molecule has 3 fully saturated rings. The summed E-state index contributed by atoms with van der Waals surface area (Å²) in [5.74, 6) is 1.53. The van der Waals surface area contributed by atoms with Gasteiger partial charge in [-0.15, -0.1) is 0 Å². The number of imidazole rings is 1. The standard InChI is InChI=1S/C30H27ClFN5O/c31-19-3-1-2-17(8-19)21-10-22(21)30-29(32)23-12-33-28(11-24(23)35-30)37-14-20(38)9-26(37)25-15-36-13-18(16-4-5-16)6-7-27(36)34-25/h1-3,6-8,11-13,15-16,20-22,26,35,38H,4-5,9-10,14H2/t20?,21-,22+,26?/m1/s1. The molecule has 5 aromatic rings. The fourth-order valence-electron chi connectivity index (χ4n) is 6.29. The lowest BCUT2D eigenvalue weighted by Crippen LogP contribution is -2.25. The van der Waals surface area contributed by atoms with Crippen LogP contribution in [0.2, 0.25) is 5.02 Å². The van der Waals surface area contributed by atoms with Crippen LogP contribution < -0.4 is 4.90 Å². The first kappa shape index (κ1) is 22.6. The molecule has 5 heterocycles. The first-order valence-electron chi connectivity index (χ1n) is 13.4. The summed E-state index contributed by atoms with van der Waals surface area (Å²) in [5, 5.41) is 11.8. The van der Waals surface area contributed by atoms with Gasteiger partial charge in [0.2, 0.25) is 0 Å². The molecule has 0 radical (unpaired) electrons. The average molecular weight is 528 g/mol. The Morgan fingerprint density at radius 2 is 1.92 bits per heavy atom. The summed E-state index contributed by atoms with van der Waals surface area (Å²) in [6.45, 7) is 0.458. The van der Waals surface area contributed by atoms with Crippen LogP contribution in [-0.4, -0.2) is 37.1 Å². The predicted molar refractivity (Wildman–Crippen MR) is 145 cm³/mol. The van der Waals surface area contributed by atoms with Gasteiger partial charge in [-0.3, -0.25) is 0 Å². The summed E-state index contributed by atoms with van der Waals surface area (Å²) in [5.41, 5.74) is 5.68. The van der Waals surface area contributed by atoms with Gasteiger partial charge >= 0.3 is 0 Å². The summed E-state index contributed by atoms with van der Waals surface area (Å²) >= 11 is 6.18. The number of aromatic nitrogens is 4. The molecule has 38 heavy (non-hydrogen) atoms. The van der Waals surface area contributed by atoms with Gasteiger partial charge in [0, 0.05) is 48.6 Å². The fraction of sp³-hybridized carbons (Fsp3) is 0.333. The average Bonchev–Trinajstić information content (AvgIpc) is 3.81. The van der Waals surface area contributed by atoms with E-state index in [0.29, 0.717) is 40.8 Å². The van der Waals surface area contributed by atoms with E-state index < -0.39 is 6.10 Å². The maximum atomic E-state index is 15.4. The second-order valence-corrected chi connectivity index (χ2v) is 11.6. The van der Waals surface area contributed by atoms with Gasteiger partial charge in [-0.2, -0.15) is 0 Å². The molecule has 0 spiro atoms. The van der Waals surface area contributed by atoms with Gasteiger partial charge in [0.05, 0.1) is 34.4 Å². The Morgan fingerprint density at radius 3 is 2.76 bits per heavy atom. The Morgan fingerprint density at radius 1 is 1.03 bits per heavy atom. The topological polar surface area (TPSA) is 69.5 Å². The molecule has 1 aliphatic heterocycles. The molecule has 2 saturated carbocycles. The largest absolute Gasteiger partial charge is 0.391 e. The number of pyridine rings is 2. The van der Waals surface area contributed by atoms with Crippen molar-refractivity contribution in [3.8, 4) is 0 Å². The van der Waals surface area contributed by atoms with E-state index in [9.17, 15) is 5.11 Å². The van der Waals surface area contributed by atoms with E-state index in [1.54, 1.807) is 6.20 Å². The number of nitrogens with zero attached hydrogens (tertiary/aromatic N) is 4. The zero-order valence-electron chi connectivity index (χ0n) is 20.7. The third-order valence-corrected chi connectivity index (χ3v) is 8.76. The van der Waals surface area contributed by atoms with Crippen molar-refractivity contribution >= 4 is 34.0 Å². The lowest BCUT2D eigenvalue weighted by atomic mass is 10.1. The van der Waals surface area contributed by atoms with Crippen LogP contribution in [0.15, 0.2) is 61.1 Å². The highest BCUT2D eigenvalue weighted by atomic mass is 35.5. The monoisotopic (exact) mass is 527 g/mol. The molecule has 0 bridgehead atoms. The van der Waals surface area contributed by atoms with E-state index >= 15 is 4.39 Å². The number of nitrogens with one attached hydrogen (secondary N) is 1. The van der Waals surface area contributed by atoms with Crippen molar-refractivity contribution in [3.63, 3.8) is 0 Å². The Balaban J connectivity index is 1.10. The lowest BCUT2D eigenvalue weighted by molar-refractivity contribution is 0.194. The zero-order valence-corrected chi connectivity index (χ0v) is 21.4. The maximum Gasteiger partial charge on any atom is 0.153 e. The first-order chi connectivity index (χ1) is 18.5. The molecule has 2 N–H and O–H groups in total. The van der Waals surface area contributed by atoms with Crippen LogP contribution in [0.4, 0.5) is 10.2 Å². The Labute approximate surface area is 224 Å². The molecule has 6 nitrogen and oxygen atoms in total. The van der Waals surface area contributed by atoms with E-state index in [-0.39, 0.29) is 23.7 Å². The van der Waals surface area contributed by atoms with E-state index in [1.807, 2.05) is 24.3 Å². The molecule has 8 rings (SSSR count). The van der Waals surface area contributed by atoms with Gasteiger partial charge in [-0.05, 0) is 60.4 Å². The minimum atomic E-state index is -0.481. The maximum absolute atomic E-state index is 15.4. The van der Waals surface area contributed by atoms with Gasteiger partial charge in [-0.25, -0.2) is 14.4 Å². The number of aliphatic hydroxyl groups is 1. The number of halogens is 2. The predicted octanol–water partition coefficient (Wildman–Crippen LogP) is 6.46. The Hall–Kier alpha value is -3.42. The highest BCUT2D eigenvalue weighted by Crippen LogP contribution is 2.55. The number of fused-ring (bicyclic) bond motifs is 2. The summed E-state index contributed by atoms with van der Waals surface area (Å²) in [6, 6.07) is 13.9. The highest BCUT2D eigenvalue weighted by Gasteiger charge is 2.43. The third-order valence-electron chi connectivity index (χ3n) is 8.53. The van der Waals surface area contributed by atoms with Gasteiger partial charge in [-0.1, -0.05) is 29.8 Å². The van der Waals surface area contributed by atoms with Crippen molar-refractivity contribution in [1.82, 2.24) is 19.4 Å². The summed E-state index contributed by atoms with van der Waals surface area (Å²) in [4.78, 5) is 15.0. The number of anilines is 1. The number of benzene rings is 1. The van der Waals surface area contributed by atoms with Crippen LogP contribution in [0.25, 0.3) is 16.6 Å². The Kier molecular flexibility index (Phi) is 4.92. The van der Waals surface area contributed by atoms with Crippen molar-refractivity contribution in [2.45, 2.75) is 55.6 Å². The molecule has 2 aliphatic carbocycles. The fourth-order valence-corrected chi connectivity index (χ4v) is 6.49. The van der Waals surface area contributed by atoms with E-state index in [2.05, 4.69) is 49.9 Å². The molecule has 1 aromatic carbocycles. The van der Waals surface area contributed by atoms with Gasteiger partial charge in [0.1, 0.15) is 11.5 Å². The van der Waals surface area contributed by atoms with Crippen LogP contribution in [0.5, 0.6) is 0 Å². The smallest absolute Gasteiger partial charge is 0.153 e. The minimum Gasteiger partial charge on any atom is -0.391 e. The number of hydrogen-bond acceptors (Lipinski definition) is 4. The van der Waals surface area contributed by atoms with Crippen LogP contribution in [0, 0.1) is 5.82 Å². The van der Waals surface area contributed by atoms with Crippen LogP contribution >= 0.6 is 11.6 Å². The number of H-pyrrole nitrogens is 1. The summed E-state index contributed by atoms with van der Waals surface area (Å²) < 4.78 is 17.5. The van der Waals surface area contributed by atoms with Crippen molar-refractivity contribution in [1.29, 1.82) is 0 Å². The SMILES string of the molecule is OC1CC(c2cn3cc(C4CC4)ccc3n2)N(c2cc3[nH]c([C@H]4C[C@@H]4c4cccc(Cl)c4)c(F)c3cn2)C1. The number of β-amino-alcohol motifs (C(OH)–C–C–N with tert-alkyl or cyclic N) is 1. The highest BCUT2D eigenvalue weighted by molar-refractivity contribution is 6.30. The number of aliphatic hydroxyl groups excluding tert-OH is 1. The molecule has 2 unspecified atom stereocenters. The van der Waals surface area contributed by atoms with Crippen molar-refractivity contribution < 1.29 is 9.50 Å². The first-order valence-corrected chi connectivity index (χ1v) is 13.8. The summed E-state index contributed by atoms with van der Waals surface area (Å²) in [6.07, 6.45) is 9.37. The normalized spacial score (nSPS) is 25.1. The van der Waals surface area contributed by atoms with Crippen molar-refractivity contribution in [2.75, 3.05) is 11.4 Å². The van der Waals surface area contributed by atoms with Gasteiger partial charge < -0.3 is 19.4 Å². The molecule has 4 aromatic heterocycles. The molecule has 4 atom stereocenters. The third kappa shape index (κ3) is 3.71. The molecule has 8 heteroatoms. The number of aromatic amines is 1. The Bertz CT molecular complexity index is 1710. The van der Waals surface area contributed by atoms with Crippen molar-refractivity contribution in [3.05, 3.63) is 94.4 Å². The number of rotatable bonds is 5. The minimum absolute atomic E-state index is 0.101. The lowest BCUT2D eigenvalue weighted by Gasteiger charge is -2.24. The summed E-state index contributed by atoms with van der Waals surface area (Å²) in [7, 11) is 0. The molecular weight excluding hydrogens is 501 g/mol. The molecule has 0 amide bonds. The van der Waals surface area contributed by atoms with E-state index in [4.69, 9.17) is 16.6 Å². The quantitative estimate of drug-likeness (QED) is 0.275. The zero-order chi connectivity index (χ0) is 25.5. The van der Waals surface area contributed by atoms with Gasteiger partial charge in [0.15, 0.2) is 5.82 Å². The number of hydrogen-bond donors (Lipinski definition) is 2. The second-order valence-electron chi connectivity index (χ2n) is 11.2. The molecule has 1 saturated heterocycles. The van der Waals surface area contributed by atoms with Crippen LogP contribution in [0.1, 0.15) is 72.0 Å². The van der Waals surface area contributed by atoms with E-state index in [1.165, 1.54) is 18.4 Å². The van der Waals surface area contributed by atoms with Gasteiger partial charge in [0.25, 0.3) is 0 Å². The molecular formula is C30H27ClFN5O. The molecule has 3 aliphatic rings. The second kappa shape index (κ2) is 8.29.